The molecule has 3 rings (SSSR count). The molecule has 0 radical (unpaired) electrons. The molecule has 1 aromatic carbocycles. The summed E-state index contributed by atoms with van der Waals surface area (Å²) in [4.78, 5) is 14.4. The Morgan fingerprint density at radius 2 is 2.08 bits per heavy atom. The van der Waals surface area contributed by atoms with Gasteiger partial charge in [-0.25, -0.2) is 9.48 Å². The average molecular weight is 381 g/mol. The van der Waals surface area contributed by atoms with E-state index in [0.29, 0.717) is 35.7 Å². The topological polar surface area (TPSA) is 61.5 Å². The molecule has 1 aromatic heterocycles. The first-order valence-corrected chi connectivity index (χ1v) is 9.06. The van der Waals surface area contributed by atoms with Crippen LogP contribution < -0.4 is 15.2 Å². The van der Waals surface area contributed by atoms with Crippen molar-refractivity contribution in [1.82, 2.24) is 19.2 Å². The molecule has 0 N–H and O–H groups in total. The minimum Gasteiger partial charge on any atom is -0.493 e. The van der Waals surface area contributed by atoms with Crippen LogP contribution in [0.2, 0.25) is 5.02 Å². The van der Waals surface area contributed by atoms with Crippen molar-refractivity contribution in [2.24, 2.45) is 7.05 Å². The van der Waals surface area contributed by atoms with Gasteiger partial charge in [0.2, 0.25) is 0 Å². The number of rotatable bonds is 5. The number of aryl methyl sites for hydroxylation is 2. The van der Waals surface area contributed by atoms with Gasteiger partial charge in [0.1, 0.15) is 5.82 Å². The van der Waals surface area contributed by atoms with E-state index in [-0.39, 0.29) is 5.69 Å². The van der Waals surface area contributed by atoms with Crippen LogP contribution in [0.1, 0.15) is 24.2 Å². The third kappa shape index (κ3) is 3.46. The monoisotopic (exact) mass is 380 g/mol. The molecular weight excluding hydrogens is 356 g/mol. The normalized spacial score (nSPS) is 17.1. The van der Waals surface area contributed by atoms with E-state index in [9.17, 15) is 4.79 Å². The maximum Gasteiger partial charge on any atom is 0.345 e. The lowest BCUT2D eigenvalue weighted by Gasteiger charge is -2.27. The first-order valence-electron chi connectivity index (χ1n) is 8.68. The average Bonchev–Trinajstić information content (AvgIpc) is 2.79. The summed E-state index contributed by atoms with van der Waals surface area (Å²) in [5.74, 6) is 2.06. The number of hydrogen-bond acceptors (Lipinski definition) is 5. The van der Waals surface area contributed by atoms with Crippen LogP contribution in [0, 0.1) is 0 Å². The molecule has 1 atom stereocenters. The van der Waals surface area contributed by atoms with Crippen LogP contribution in [0.15, 0.2) is 16.9 Å². The predicted molar refractivity (Wildman–Crippen MR) is 100 cm³/mol. The van der Waals surface area contributed by atoms with Crippen LogP contribution in [0.25, 0.3) is 0 Å². The summed E-state index contributed by atoms with van der Waals surface area (Å²) >= 11 is 6.51. The zero-order chi connectivity index (χ0) is 18.8. The fourth-order valence-corrected chi connectivity index (χ4v) is 3.87. The highest BCUT2D eigenvalue weighted by atomic mass is 35.5. The third-order valence-electron chi connectivity index (χ3n) is 5.08. The molecule has 1 aliphatic rings. The fraction of sp³-hybridized carbons (Fsp3) is 0.556. The van der Waals surface area contributed by atoms with Crippen molar-refractivity contribution < 1.29 is 9.47 Å². The quantitative estimate of drug-likeness (QED) is 0.794. The van der Waals surface area contributed by atoms with Crippen LogP contribution in [0.5, 0.6) is 11.5 Å². The third-order valence-corrected chi connectivity index (χ3v) is 5.49. The lowest BCUT2D eigenvalue weighted by atomic mass is 10.1. The summed E-state index contributed by atoms with van der Waals surface area (Å²) in [5, 5.41) is 4.92. The van der Waals surface area contributed by atoms with Gasteiger partial charge in [-0.3, -0.25) is 9.47 Å². The van der Waals surface area contributed by atoms with E-state index in [0.717, 1.165) is 30.7 Å². The van der Waals surface area contributed by atoms with E-state index < -0.39 is 0 Å². The van der Waals surface area contributed by atoms with Crippen molar-refractivity contribution in [3.05, 3.63) is 39.0 Å². The maximum atomic E-state index is 12.1. The Morgan fingerprint density at radius 3 is 2.77 bits per heavy atom. The zero-order valence-electron chi connectivity index (χ0n) is 15.7. The molecule has 0 aliphatic carbocycles. The number of fused-ring (bicyclic) bond motifs is 1. The van der Waals surface area contributed by atoms with Crippen LogP contribution in [0.4, 0.5) is 0 Å². The van der Waals surface area contributed by atoms with Gasteiger partial charge >= 0.3 is 5.69 Å². The van der Waals surface area contributed by atoms with Crippen molar-refractivity contribution in [2.75, 3.05) is 21.3 Å². The van der Waals surface area contributed by atoms with Crippen LogP contribution in [-0.2, 0) is 26.6 Å². The van der Waals surface area contributed by atoms with Gasteiger partial charge < -0.3 is 9.47 Å². The van der Waals surface area contributed by atoms with Gasteiger partial charge in [-0.15, -0.1) is 0 Å². The molecule has 26 heavy (non-hydrogen) atoms. The smallest absolute Gasteiger partial charge is 0.345 e. The zero-order valence-corrected chi connectivity index (χ0v) is 16.4. The van der Waals surface area contributed by atoms with E-state index in [1.165, 1.54) is 4.68 Å². The summed E-state index contributed by atoms with van der Waals surface area (Å²) in [7, 11) is 6.97. The van der Waals surface area contributed by atoms with Crippen LogP contribution in [0.3, 0.4) is 0 Å². The summed E-state index contributed by atoms with van der Waals surface area (Å²) in [5.41, 5.74) is 0.955. The van der Waals surface area contributed by atoms with Gasteiger partial charge in [-0.2, -0.15) is 5.10 Å². The van der Waals surface area contributed by atoms with Gasteiger partial charge in [0.25, 0.3) is 0 Å². The highest BCUT2D eigenvalue weighted by Crippen LogP contribution is 2.38. The van der Waals surface area contributed by atoms with E-state index in [4.69, 9.17) is 21.1 Å². The number of ether oxygens (including phenoxy) is 2. The lowest BCUT2D eigenvalue weighted by molar-refractivity contribution is 0.209. The Kier molecular flexibility index (Phi) is 5.58. The predicted octanol–water partition coefficient (Wildman–Crippen LogP) is 2.09. The molecule has 8 heteroatoms. The van der Waals surface area contributed by atoms with Crippen molar-refractivity contribution in [1.29, 1.82) is 0 Å². The minimum atomic E-state index is -0.0359. The van der Waals surface area contributed by atoms with Gasteiger partial charge in [0.15, 0.2) is 11.5 Å². The standard InChI is InChI=1S/C18H25ClN4O3/c1-21(11-12-5-7-14(25-3)17(26-4)16(12)19)13-6-8-15-20-22(2)18(24)23(15)10-9-13/h5,7,13H,6,8-11H2,1-4H3. The van der Waals surface area contributed by atoms with E-state index in [1.54, 1.807) is 25.8 Å². The van der Waals surface area contributed by atoms with Crippen molar-refractivity contribution >= 4 is 11.6 Å². The number of aromatic nitrogens is 3. The number of methoxy groups -OCH3 is 2. The maximum absolute atomic E-state index is 12.1. The highest BCUT2D eigenvalue weighted by molar-refractivity contribution is 6.33. The first-order chi connectivity index (χ1) is 12.5. The van der Waals surface area contributed by atoms with E-state index in [1.807, 2.05) is 12.1 Å². The Hall–Kier alpha value is -1.99. The molecule has 0 spiro atoms. The Balaban J connectivity index is 1.73. The fourth-order valence-electron chi connectivity index (χ4n) is 3.57. The van der Waals surface area contributed by atoms with Crippen LogP contribution >= 0.6 is 11.6 Å². The largest absolute Gasteiger partial charge is 0.493 e. The van der Waals surface area contributed by atoms with Gasteiger partial charge in [-0.1, -0.05) is 17.7 Å². The molecule has 2 aromatic rings. The Bertz CT molecular complexity index is 846. The molecule has 0 saturated heterocycles. The van der Waals surface area contributed by atoms with Gasteiger partial charge in [0.05, 0.1) is 19.2 Å². The van der Waals surface area contributed by atoms with Gasteiger partial charge in [-0.05, 0) is 31.5 Å². The van der Waals surface area contributed by atoms with E-state index >= 15 is 0 Å². The Labute approximate surface area is 158 Å². The second kappa shape index (κ2) is 7.72. The lowest BCUT2D eigenvalue weighted by Crippen LogP contribution is -2.32. The minimum absolute atomic E-state index is 0.0359. The molecule has 0 fully saturated rings. The molecule has 2 heterocycles. The molecule has 0 amide bonds. The Morgan fingerprint density at radius 1 is 1.31 bits per heavy atom. The molecule has 7 nitrogen and oxygen atoms in total. The molecule has 1 aliphatic heterocycles. The second-order valence-electron chi connectivity index (χ2n) is 6.64. The molecule has 0 bridgehead atoms. The molecular formula is C18H25ClN4O3. The molecule has 1 unspecified atom stereocenters. The number of benzene rings is 1. The molecule has 142 valence electrons. The first kappa shape index (κ1) is 18.8. The molecule has 0 saturated carbocycles. The van der Waals surface area contributed by atoms with E-state index in [2.05, 4.69) is 17.0 Å². The number of halogens is 1. The number of hydrogen-bond donors (Lipinski definition) is 0. The highest BCUT2D eigenvalue weighted by Gasteiger charge is 2.24. The SMILES string of the molecule is COc1ccc(CN(C)C2CCc3nn(C)c(=O)n3CC2)c(Cl)c1OC. The van der Waals surface area contributed by atoms with Crippen molar-refractivity contribution in [2.45, 2.75) is 38.4 Å². The summed E-state index contributed by atoms with van der Waals surface area (Å²) in [6.45, 7) is 1.39. The summed E-state index contributed by atoms with van der Waals surface area (Å²) in [6, 6.07) is 4.20. The summed E-state index contributed by atoms with van der Waals surface area (Å²) < 4.78 is 13.9. The van der Waals surface area contributed by atoms with Gasteiger partial charge in [0, 0.05) is 32.6 Å². The van der Waals surface area contributed by atoms with Crippen molar-refractivity contribution in [3.8, 4) is 11.5 Å². The van der Waals surface area contributed by atoms with Crippen LogP contribution in [-0.4, -0.2) is 46.6 Å². The number of nitrogens with zero attached hydrogens (tertiary/aromatic N) is 4. The second-order valence-corrected chi connectivity index (χ2v) is 7.02. The van der Waals surface area contributed by atoms with Crippen molar-refractivity contribution in [3.63, 3.8) is 0 Å². The summed E-state index contributed by atoms with van der Waals surface area (Å²) in [6.07, 6.45) is 2.66.